The lowest BCUT2D eigenvalue weighted by molar-refractivity contribution is -0.150. The van der Waals surface area contributed by atoms with Gasteiger partial charge in [0.15, 0.2) is 0 Å². The van der Waals surface area contributed by atoms with Crippen LogP contribution in [0.3, 0.4) is 0 Å². The molecule has 0 unspecified atom stereocenters. The lowest BCUT2D eigenvalue weighted by atomic mass is 9.46. The van der Waals surface area contributed by atoms with Crippen molar-refractivity contribution in [3.8, 4) is 0 Å². The van der Waals surface area contributed by atoms with E-state index in [9.17, 15) is 13.6 Å². The van der Waals surface area contributed by atoms with E-state index in [2.05, 4.69) is 4.72 Å². The number of nitrogens with two attached hydrogens (primary N) is 1. The van der Waals surface area contributed by atoms with Crippen LogP contribution in [0.15, 0.2) is 17.0 Å². The molecule has 1 aromatic carbocycles. The molecule has 0 heterocycles. The molecule has 0 aliphatic heterocycles. The van der Waals surface area contributed by atoms with E-state index in [1.165, 1.54) is 19.3 Å². The molecule has 0 saturated heterocycles. The summed E-state index contributed by atoms with van der Waals surface area (Å²) in [4.78, 5) is 12.5. The standard InChI is InChI=1S/C15H18F2N2OS/c1-14(7-15(8-14)3-2-4-15)13(20)19-21-9-5-10(16)12(18)11(17)6-9/h5-6H,2-4,7-8,18H2,1H3,(H,19,20). The molecule has 0 radical (unpaired) electrons. The summed E-state index contributed by atoms with van der Waals surface area (Å²) in [5.41, 5.74) is 4.76. The molecule has 3 N–H and O–H groups in total. The van der Waals surface area contributed by atoms with Gasteiger partial charge in [0.2, 0.25) is 5.91 Å². The molecule has 1 aromatic rings. The van der Waals surface area contributed by atoms with E-state index in [0.29, 0.717) is 10.3 Å². The summed E-state index contributed by atoms with van der Waals surface area (Å²) in [6.45, 7) is 1.95. The zero-order chi connectivity index (χ0) is 15.3. The van der Waals surface area contributed by atoms with Gasteiger partial charge < -0.3 is 5.73 Å². The van der Waals surface area contributed by atoms with Crippen LogP contribution in [0.2, 0.25) is 0 Å². The third-order valence-corrected chi connectivity index (χ3v) is 5.57. The fourth-order valence-electron chi connectivity index (χ4n) is 3.64. The Balaban J connectivity index is 1.59. The van der Waals surface area contributed by atoms with Crippen LogP contribution in [0.4, 0.5) is 14.5 Å². The molecule has 114 valence electrons. The molecule has 3 nitrogen and oxygen atoms in total. The second-order valence-corrected chi connectivity index (χ2v) is 7.48. The minimum absolute atomic E-state index is 0.0670. The van der Waals surface area contributed by atoms with Crippen molar-refractivity contribution in [2.45, 2.75) is 43.9 Å². The van der Waals surface area contributed by atoms with Crippen molar-refractivity contribution in [2.75, 3.05) is 5.73 Å². The van der Waals surface area contributed by atoms with Gasteiger partial charge in [-0.2, -0.15) is 0 Å². The van der Waals surface area contributed by atoms with Gasteiger partial charge in [0, 0.05) is 10.3 Å². The quantitative estimate of drug-likeness (QED) is 0.662. The van der Waals surface area contributed by atoms with Crippen molar-refractivity contribution in [3.63, 3.8) is 0 Å². The number of nitrogens with one attached hydrogen (secondary N) is 1. The molecule has 2 saturated carbocycles. The molecule has 0 aromatic heterocycles. The average Bonchev–Trinajstić information content (AvgIpc) is 2.36. The van der Waals surface area contributed by atoms with E-state index >= 15 is 0 Å². The van der Waals surface area contributed by atoms with Gasteiger partial charge in [0.05, 0.1) is 0 Å². The number of rotatable bonds is 3. The predicted molar refractivity (Wildman–Crippen MR) is 78.4 cm³/mol. The molecule has 2 aliphatic rings. The molecule has 21 heavy (non-hydrogen) atoms. The molecule has 2 aliphatic carbocycles. The second kappa shape index (κ2) is 4.87. The van der Waals surface area contributed by atoms with Gasteiger partial charge in [-0.1, -0.05) is 13.3 Å². The van der Waals surface area contributed by atoms with E-state index in [1.54, 1.807) is 0 Å². The molecule has 0 atom stereocenters. The lowest BCUT2D eigenvalue weighted by Crippen LogP contribution is -2.55. The van der Waals surface area contributed by atoms with Crippen molar-refractivity contribution in [2.24, 2.45) is 10.8 Å². The number of hydrogen-bond donors (Lipinski definition) is 2. The van der Waals surface area contributed by atoms with Crippen LogP contribution >= 0.6 is 11.9 Å². The predicted octanol–water partition coefficient (Wildman–Crippen LogP) is 3.64. The Hall–Kier alpha value is -1.30. The molecule has 3 rings (SSSR count). The molecule has 1 amide bonds. The van der Waals surface area contributed by atoms with E-state index in [4.69, 9.17) is 5.73 Å². The molecule has 1 spiro atoms. The van der Waals surface area contributed by atoms with Crippen LogP contribution in [-0.2, 0) is 4.79 Å². The smallest absolute Gasteiger partial charge is 0.236 e. The highest BCUT2D eigenvalue weighted by Gasteiger charge is 2.57. The maximum atomic E-state index is 13.3. The first kappa shape index (κ1) is 14.6. The summed E-state index contributed by atoms with van der Waals surface area (Å²) < 4.78 is 29.4. The number of benzene rings is 1. The van der Waals surface area contributed by atoms with Crippen molar-refractivity contribution < 1.29 is 13.6 Å². The second-order valence-electron chi connectivity index (χ2n) is 6.60. The fraction of sp³-hybridized carbons (Fsp3) is 0.533. The molecule has 0 bridgehead atoms. The highest BCUT2D eigenvalue weighted by molar-refractivity contribution is 7.98. The monoisotopic (exact) mass is 312 g/mol. The Morgan fingerprint density at radius 1 is 1.29 bits per heavy atom. The molecular weight excluding hydrogens is 294 g/mol. The van der Waals surface area contributed by atoms with Crippen LogP contribution in [0.1, 0.15) is 39.0 Å². The number of carbonyl (C=O) groups excluding carboxylic acids is 1. The summed E-state index contributed by atoms with van der Waals surface area (Å²) >= 11 is 0.932. The van der Waals surface area contributed by atoms with E-state index in [-0.39, 0.29) is 11.3 Å². The van der Waals surface area contributed by atoms with Gasteiger partial charge in [0.1, 0.15) is 17.3 Å². The maximum absolute atomic E-state index is 13.3. The first-order valence-electron chi connectivity index (χ1n) is 7.06. The molecule has 2 fully saturated rings. The van der Waals surface area contributed by atoms with Gasteiger partial charge in [-0.15, -0.1) is 0 Å². The van der Waals surface area contributed by atoms with Gasteiger partial charge in [-0.3, -0.25) is 9.52 Å². The van der Waals surface area contributed by atoms with E-state index < -0.39 is 17.3 Å². The Morgan fingerprint density at radius 3 is 2.33 bits per heavy atom. The van der Waals surface area contributed by atoms with Crippen molar-refractivity contribution in [1.29, 1.82) is 0 Å². The third-order valence-electron chi connectivity index (χ3n) is 4.81. The lowest BCUT2D eigenvalue weighted by Gasteiger charge is -2.58. The topological polar surface area (TPSA) is 55.1 Å². The highest BCUT2D eigenvalue weighted by Crippen LogP contribution is 2.64. The van der Waals surface area contributed by atoms with E-state index in [0.717, 1.165) is 36.9 Å². The van der Waals surface area contributed by atoms with Crippen molar-refractivity contribution >= 4 is 23.5 Å². The van der Waals surface area contributed by atoms with Crippen molar-refractivity contribution in [1.82, 2.24) is 4.72 Å². The summed E-state index contributed by atoms with van der Waals surface area (Å²) in [5, 5.41) is 0. The first-order chi connectivity index (χ1) is 9.84. The number of nitrogen functional groups attached to an aromatic ring is 1. The zero-order valence-electron chi connectivity index (χ0n) is 11.8. The number of hydrogen-bond acceptors (Lipinski definition) is 3. The SMILES string of the molecule is CC1(C(=O)NSc2cc(F)c(N)c(F)c2)CC2(CCC2)C1. The minimum atomic E-state index is -0.810. The highest BCUT2D eigenvalue weighted by atomic mass is 32.2. The van der Waals surface area contributed by atoms with Gasteiger partial charge >= 0.3 is 0 Å². The largest absolute Gasteiger partial charge is 0.394 e. The minimum Gasteiger partial charge on any atom is -0.394 e. The van der Waals surface area contributed by atoms with Crippen molar-refractivity contribution in [3.05, 3.63) is 23.8 Å². The van der Waals surface area contributed by atoms with Gasteiger partial charge in [0.25, 0.3) is 0 Å². The number of amides is 1. The summed E-state index contributed by atoms with van der Waals surface area (Å²) in [5.74, 6) is -1.69. The number of anilines is 1. The number of carbonyl (C=O) groups is 1. The Morgan fingerprint density at radius 2 is 1.86 bits per heavy atom. The maximum Gasteiger partial charge on any atom is 0.236 e. The molecular formula is C15H18F2N2OS. The van der Waals surface area contributed by atoms with Crippen LogP contribution in [-0.4, -0.2) is 5.91 Å². The first-order valence-corrected chi connectivity index (χ1v) is 7.87. The van der Waals surface area contributed by atoms with Gasteiger partial charge in [-0.25, -0.2) is 8.78 Å². The normalized spacial score (nSPS) is 21.5. The Kier molecular flexibility index (Phi) is 3.39. The fourth-order valence-corrected chi connectivity index (χ4v) is 4.42. The van der Waals surface area contributed by atoms with E-state index in [1.807, 2.05) is 6.92 Å². The van der Waals surface area contributed by atoms with Crippen LogP contribution < -0.4 is 10.5 Å². The summed E-state index contributed by atoms with van der Waals surface area (Å²) in [7, 11) is 0. The summed E-state index contributed by atoms with van der Waals surface area (Å²) in [6.07, 6.45) is 5.53. The zero-order valence-corrected chi connectivity index (χ0v) is 12.7. The van der Waals surface area contributed by atoms with Crippen LogP contribution in [0.25, 0.3) is 0 Å². The Labute approximate surface area is 126 Å². The van der Waals surface area contributed by atoms with Gasteiger partial charge in [-0.05, 0) is 55.2 Å². The molecule has 6 heteroatoms. The average molecular weight is 312 g/mol. The summed E-state index contributed by atoms with van der Waals surface area (Å²) in [6, 6.07) is 2.25. The number of halogens is 2. The van der Waals surface area contributed by atoms with Crippen LogP contribution in [0.5, 0.6) is 0 Å². The third kappa shape index (κ3) is 2.50. The Bertz CT molecular complexity index is 570. The van der Waals surface area contributed by atoms with Crippen LogP contribution in [0, 0.1) is 22.5 Å².